The van der Waals surface area contributed by atoms with Crippen LogP contribution in [0.5, 0.6) is 0 Å². The Balaban J connectivity index is 2.85. The molecule has 0 spiro atoms. The van der Waals surface area contributed by atoms with Gasteiger partial charge in [-0.2, -0.15) is 0 Å². The fraction of sp³-hybridized carbons (Fsp3) is 0.810. The van der Waals surface area contributed by atoms with E-state index in [9.17, 15) is 30.0 Å². The third-order valence-corrected chi connectivity index (χ3v) is 5.09. The fourth-order valence-corrected chi connectivity index (χ4v) is 3.29. The van der Waals surface area contributed by atoms with Gasteiger partial charge in [0.25, 0.3) is 5.91 Å². The van der Waals surface area contributed by atoms with Crippen LogP contribution in [0.15, 0.2) is 12.2 Å². The highest BCUT2D eigenvalue weighted by Gasteiger charge is 2.38. The average molecular weight is 446 g/mol. The summed E-state index contributed by atoms with van der Waals surface area (Å²) in [5, 5.41) is 43.4. The standard InChI is InChI=1S/C21H39N3O7/c1-21(2,3)9-8-15(26)16(27)17(28)18(31-4)19(29)23-14-7-6-13(25)12-24(20(14)30)11-5-10-22/h8-9,13-18,25-28H,5-7,10-12,22H2,1-4H3,(H,23,29)/t13-,14-,15+,16-,17+,18+/m0/s1. The molecule has 0 aliphatic carbocycles. The Kier molecular flexibility index (Phi) is 11.1. The smallest absolute Gasteiger partial charge is 0.252 e. The number of nitrogens with two attached hydrogens (primary N) is 1. The number of carbonyl (C=O) groups is 2. The van der Waals surface area contributed by atoms with E-state index in [1.54, 1.807) is 6.08 Å². The normalized spacial score (nSPS) is 24.5. The molecular formula is C21H39N3O7. The number of hydrogen-bond acceptors (Lipinski definition) is 8. The summed E-state index contributed by atoms with van der Waals surface area (Å²) in [6, 6.07) is -0.907. The van der Waals surface area contributed by atoms with Gasteiger partial charge in [0.15, 0.2) is 6.10 Å². The molecule has 10 nitrogen and oxygen atoms in total. The van der Waals surface area contributed by atoms with Crippen LogP contribution in [0.25, 0.3) is 0 Å². The molecule has 0 unspecified atom stereocenters. The van der Waals surface area contributed by atoms with Gasteiger partial charge in [0.2, 0.25) is 5.91 Å². The van der Waals surface area contributed by atoms with Crippen LogP contribution in [0, 0.1) is 5.41 Å². The monoisotopic (exact) mass is 445 g/mol. The minimum Gasteiger partial charge on any atom is -0.391 e. The van der Waals surface area contributed by atoms with E-state index < -0.39 is 42.5 Å². The summed E-state index contributed by atoms with van der Waals surface area (Å²) in [6.07, 6.45) is -2.92. The van der Waals surface area contributed by atoms with Crippen LogP contribution in [0.3, 0.4) is 0 Å². The molecule has 180 valence electrons. The second-order valence-corrected chi connectivity index (χ2v) is 9.07. The lowest BCUT2D eigenvalue weighted by Crippen LogP contribution is -2.56. The molecule has 1 fully saturated rings. The summed E-state index contributed by atoms with van der Waals surface area (Å²) in [5.74, 6) is -1.15. The Morgan fingerprint density at radius 3 is 2.48 bits per heavy atom. The Morgan fingerprint density at radius 2 is 1.94 bits per heavy atom. The number of aliphatic hydroxyl groups excluding tert-OH is 4. The van der Waals surface area contributed by atoms with E-state index >= 15 is 0 Å². The number of rotatable bonds is 10. The zero-order valence-corrected chi connectivity index (χ0v) is 18.9. The first-order chi connectivity index (χ1) is 14.4. The van der Waals surface area contributed by atoms with Crippen molar-refractivity contribution in [3.05, 3.63) is 12.2 Å². The zero-order valence-electron chi connectivity index (χ0n) is 18.9. The van der Waals surface area contributed by atoms with E-state index in [-0.39, 0.29) is 24.3 Å². The quantitative estimate of drug-likeness (QED) is 0.221. The maximum atomic E-state index is 12.8. The second kappa shape index (κ2) is 12.5. The summed E-state index contributed by atoms with van der Waals surface area (Å²) in [6.45, 7) is 6.62. The SMILES string of the molecule is CO[C@@H](C(=O)N[C@H]1CC[C@H](O)CN(CCCN)C1=O)[C@H](O)[C@@H](O)[C@H](O)C=CC(C)(C)C. The number of nitrogens with one attached hydrogen (secondary N) is 1. The van der Waals surface area contributed by atoms with Crippen LogP contribution in [0.2, 0.25) is 0 Å². The second-order valence-electron chi connectivity index (χ2n) is 9.07. The topological polar surface area (TPSA) is 166 Å². The number of amides is 2. The Bertz CT molecular complexity index is 608. The first-order valence-electron chi connectivity index (χ1n) is 10.6. The molecule has 0 radical (unpaired) electrons. The zero-order chi connectivity index (χ0) is 23.8. The number of aliphatic hydroxyl groups is 4. The van der Waals surface area contributed by atoms with Gasteiger partial charge in [-0.15, -0.1) is 0 Å². The molecule has 0 bridgehead atoms. The van der Waals surface area contributed by atoms with E-state index in [0.717, 1.165) is 0 Å². The number of allylic oxidation sites excluding steroid dienone is 1. The molecule has 7 N–H and O–H groups in total. The van der Waals surface area contributed by atoms with Crippen LogP contribution >= 0.6 is 0 Å². The van der Waals surface area contributed by atoms with Crippen LogP contribution < -0.4 is 11.1 Å². The van der Waals surface area contributed by atoms with Crippen LogP contribution in [-0.4, -0.2) is 100 Å². The number of methoxy groups -OCH3 is 1. The summed E-state index contributed by atoms with van der Waals surface area (Å²) in [7, 11) is 1.18. The number of hydrogen-bond donors (Lipinski definition) is 6. The van der Waals surface area contributed by atoms with E-state index in [1.165, 1.54) is 18.1 Å². The molecule has 31 heavy (non-hydrogen) atoms. The predicted molar refractivity (Wildman–Crippen MR) is 115 cm³/mol. The molecule has 1 aliphatic heterocycles. The highest BCUT2D eigenvalue weighted by molar-refractivity contribution is 5.90. The summed E-state index contributed by atoms with van der Waals surface area (Å²) < 4.78 is 5.06. The Hall–Kier alpha value is -1.56. The van der Waals surface area contributed by atoms with Crippen molar-refractivity contribution >= 4 is 11.8 Å². The van der Waals surface area contributed by atoms with E-state index in [0.29, 0.717) is 25.9 Å². The molecule has 0 aromatic heterocycles. The van der Waals surface area contributed by atoms with Crippen molar-refractivity contribution in [2.24, 2.45) is 11.1 Å². The molecule has 0 saturated carbocycles. The van der Waals surface area contributed by atoms with Crippen LogP contribution in [0.1, 0.15) is 40.0 Å². The molecule has 2 amide bonds. The van der Waals surface area contributed by atoms with Crippen molar-refractivity contribution in [3.8, 4) is 0 Å². The van der Waals surface area contributed by atoms with Crippen LogP contribution in [-0.2, 0) is 14.3 Å². The van der Waals surface area contributed by atoms with Gasteiger partial charge in [-0.05, 0) is 31.2 Å². The maximum Gasteiger partial charge on any atom is 0.252 e. The fourth-order valence-electron chi connectivity index (χ4n) is 3.29. The highest BCUT2D eigenvalue weighted by atomic mass is 16.5. The lowest BCUT2D eigenvalue weighted by atomic mass is 9.94. The number of ether oxygens (including phenoxy) is 1. The molecule has 1 rings (SSSR count). The number of carbonyl (C=O) groups excluding carboxylic acids is 2. The average Bonchev–Trinajstić information content (AvgIpc) is 2.83. The van der Waals surface area contributed by atoms with Gasteiger partial charge in [-0.25, -0.2) is 0 Å². The number of nitrogens with zero attached hydrogens (tertiary/aromatic N) is 1. The van der Waals surface area contributed by atoms with Gasteiger partial charge in [0.1, 0.15) is 24.4 Å². The Morgan fingerprint density at radius 1 is 1.29 bits per heavy atom. The summed E-state index contributed by atoms with van der Waals surface area (Å²) in [4.78, 5) is 27.0. The molecule has 1 heterocycles. The molecule has 6 atom stereocenters. The van der Waals surface area contributed by atoms with Gasteiger partial charge in [-0.3, -0.25) is 9.59 Å². The maximum absolute atomic E-state index is 12.8. The van der Waals surface area contributed by atoms with Crippen molar-refractivity contribution < 1.29 is 34.8 Å². The van der Waals surface area contributed by atoms with Crippen molar-refractivity contribution in [1.29, 1.82) is 0 Å². The van der Waals surface area contributed by atoms with E-state index in [4.69, 9.17) is 10.5 Å². The molecule has 1 saturated heterocycles. The molecule has 10 heteroatoms. The van der Waals surface area contributed by atoms with Crippen molar-refractivity contribution in [1.82, 2.24) is 10.2 Å². The number of likely N-dealkylation sites (tertiary alicyclic amines) is 1. The highest BCUT2D eigenvalue weighted by Crippen LogP contribution is 2.18. The summed E-state index contributed by atoms with van der Waals surface area (Å²) >= 11 is 0. The molecular weight excluding hydrogens is 406 g/mol. The minimum absolute atomic E-state index is 0.159. The van der Waals surface area contributed by atoms with Crippen molar-refractivity contribution in [2.45, 2.75) is 76.6 Å². The summed E-state index contributed by atoms with van der Waals surface area (Å²) in [5.41, 5.74) is 5.26. The first kappa shape index (κ1) is 27.5. The third-order valence-electron chi connectivity index (χ3n) is 5.09. The van der Waals surface area contributed by atoms with E-state index in [1.807, 2.05) is 20.8 Å². The van der Waals surface area contributed by atoms with Gasteiger partial charge in [0.05, 0.1) is 6.10 Å². The van der Waals surface area contributed by atoms with Gasteiger partial charge in [0, 0.05) is 20.2 Å². The Labute approximate surface area is 184 Å². The van der Waals surface area contributed by atoms with Crippen molar-refractivity contribution in [2.75, 3.05) is 26.7 Å². The first-order valence-corrected chi connectivity index (χ1v) is 10.6. The molecule has 0 aromatic carbocycles. The minimum atomic E-state index is -1.73. The van der Waals surface area contributed by atoms with Crippen molar-refractivity contribution in [3.63, 3.8) is 0 Å². The predicted octanol–water partition coefficient (Wildman–Crippen LogP) is -1.50. The van der Waals surface area contributed by atoms with Gasteiger partial charge >= 0.3 is 0 Å². The van der Waals surface area contributed by atoms with Gasteiger partial charge in [-0.1, -0.05) is 32.9 Å². The van der Waals surface area contributed by atoms with Gasteiger partial charge < -0.3 is 41.1 Å². The van der Waals surface area contributed by atoms with Crippen LogP contribution in [0.4, 0.5) is 0 Å². The largest absolute Gasteiger partial charge is 0.391 e. The molecule has 1 aliphatic rings. The lowest BCUT2D eigenvalue weighted by Gasteiger charge is -2.29. The number of β-amino-alcohol motifs (C(OH)–C–C–N with tert-alkyl or cyclic N) is 1. The third kappa shape index (κ3) is 8.83. The van der Waals surface area contributed by atoms with E-state index in [2.05, 4.69) is 5.32 Å². The molecule has 0 aromatic rings. The lowest BCUT2D eigenvalue weighted by molar-refractivity contribution is -0.151.